The van der Waals surface area contributed by atoms with Crippen molar-refractivity contribution < 1.29 is 4.74 Å². The summed E-state index contributed by atoms with van der Waals surface area (Å²) in [6.45, 7) is 9.10. The lowest BCUT2D eigenvalue weighted by atomic mass is 10.1. The molecule has 0 spiro atoms. The number of hydrogen-bond donors (Lipinski definition) is 1. The Morgan fingerprint density at radius 2 is 2.38 bits per heavy atom. The molecule has 1 fully saturated rings. The third kappa shape index (κ3) is 2.81. The molecule has 3 nitrogen and oxygen atoms in total. The summed E-state index contributed by atoms with van der Waals surface area (Å²) in [5.41, 5.74) is 1.22. The van der Waals surface area contributed by atoms with Crippen molar-refractivity contribution in [2.45, 2.75) is 33.2 Å². The maximum Gasteiger partial charge on any atom is 0.0900 e. The number of rotatable bonds is 3. The molecular formula is C12H20N2OS. The van der Waals surface area contributed by atoms with Crippen molar-refractivity contribution in [2.75, 3.05) is 19.8 Å². The molecule has 1 unspecified atom stereocenters. The van der Waals surface area contributed by atoms with Gasteiger partial charge in [-0.1, -0.05) is 13.8 Å². The molecule has 1 saturated heterocycles. The molecule has 1 aromatic rings. The number of nitrogens with one attached hydrogen (secondary N) is 1. The van der Waals surface area contributed by atoms with Crippen molar-refractivity contribution in [1.82, 2.24) is 10.3 Å². The van der Waals surface area contributed by atoms with E-state index in [-0.39, 0.29) is 0 Å². The number of ether oxygens (including phenoxy) is 1. The Labute approximate surface area is 101 Å². The van der Waals surface area contributed by atoms with Gasteiger partial charge < -0.3 is 10.1 Å². The fourth-order valence-corrected chi connectivity index (χ4v) is 3.23. The Hall–Kier alpha value is -0.450. The van der Waals surface area contributed by atoms with Gasteiger partial charge in [0.2, 0.25) is 0 Å². The third-order valence-electron chi connectivity index (χ3n) is 2.68. The van der Waals surface area contributed by atoms with Crippen LogP contribution in [0, 0.1) is 12.8 Å². The van der Waals surface area contributed by atoms with Crippen molar-refractivity contribution in [2.24, 2.45) is 5.92 Å². The van der Waals surface area contributed by atoms with Crippen LogP contribution in [0.5, 0.6) is 0 Å². The lowest BCUT2D eigenvalue weighted by Crippen LogP contribution is -2.35. The van der Waals surface area contributed by atoms with Gasteiger partial charge in [0.05, 0.1) is 30.0 Å². The zero-order chi connectivity index (χ0) is 11.5. The van der Waals surface area contributed by atoms with Crippen LogP contribution in [-0.2, 0) is 11.2 Å². The highest BCUT2D eigenvalue weighted by atomic mass is 32.1. The zero-order valence-electron chi connectivity index (χ0n) is 10.2. The molecule has 1 aliphatic heterocycles. The van der Waals surface area contributed by atoms with Crippen molar-refractivity contribution in [3.63, 3.8) is 0 Å². The maximum absolute atomic E-state index is 5.51. The summed E-state index contributed by atoms with van der Waals surface area (Å²) in [5, 5.41) is 4.65. The van der Waals surface area contributed by atoms with Gasteiger partial charge in [-0.15, -0.1) is 11.3 Å². The Morgan fingerprint density at radius 1 is 1.56 bits per heavy atom. The van der Waals surface area contributed by atoms with Crippen LogP contribution in [0.2, 0.25) is 0 Å². The van der Waals surface area contributed by atoms with E-state index in [0.29, 0.717) is 12.0 Å². The average molecular weight is 240 g/mol. The van der Waals surface area contributed by atoms with Crippen LogP contribution in [0.4, 0.5) is 0 Å². The first-order valence-electron chi connectivity index (χ1n) is 5.94. The van der Waals surface area contributed by atoms with Crippen LogP contribution in [-0.4, -0.2) is 24.7 Å². The highest BCUT2D eigenvalue weighted by Crippen LogP contribution is 2.27. The molecule has 0 amide bonds. The van der Waals surface area contributed by atoms with Crippen molar-refractivity contribution in [1.29, 1.82) is 0 Å². The summed E-state index contributed by atoms with van der Waals surface area (Å²) in [4.78, 5) is 6.09. The summed E-state index contributed by atoms with van der Waals surface area (Å²) in [5.74, 6) is 0.683. The summed E-state index contributed by atoms with van der Waals surface area (Å²) in [6.07, 6.45) is 1.12. The second kappa shape index (κ2) is 5.25. The molecule has 90 valence electrons. The van der Waals surface area contributed by atoms with Crippen LogP contribution >= 0.6 is 11.3 Å². The second-order valence-corrected chi connectivity index (χ2v) is 6.01. The molecule has 2 rings (SSSR count). The Balaban J connectivity index is 2.17. The van der Waals surface area contributed by atoms with Crippen LogP contribution < -0.4 is 5.32 Å². The third-order valence-corrected chi connectivity index (χ3v) is 3.69. The average Bonchev–Trinajstić information content (AvgIpc) is 2.60. The summed E-state index contributed by atoms with van der Waals surface area (Å²) in [7, 11) is 0. The summed E-state index contributed by atoms with van der Waals surface area (Å²) >= 11 is 1.83. The molecule has 0 radical (unpaired) electrons. The largest absolute Gasteiger partial charge is 0.378 e. The van der Waals surface area contributed by atoms with Gasteiger partial charge in [0, 0.05) is 11.4 Å². The van der Waals surface area contributed by atoms with Crippen LogP contribution in [0.1, 0.15) is 35.5 Å². The first-order valence-corrected chi connectivity index (χ1v) is 6.75. The van der Waals surface area contributed by atoms with E-state index in [2.05, 4.69) is 31.1 Å². The maximum atomic E-state index is 5.51. The van der Waals surface area contributed by atoms with Crippen molar-refractivity contribution in [3.05, 3.63) is 15.6 Å². The minimum absolute atomic E-state index is 0.299. The van der Waals surface area contributed by atoms with Gasteiger partial charge in [-0.2, -0.15) is 0 Å². The fraction of sp³-hybridized carbons (Fsp3) is 0.750. The van der Waals surface area contributed by atoms with E-state index in [1.807, 2.05) is 11.3 Å². The van der Waals surface area contributed by atoms with E-state index in [1.54, 1.807) is 0 Å². The van der Waals surface area contributed by atoms with Gasteiger partial charge >= 0.3 is 0 Å². The molecule has 0 aromatic carbocycles. The fourth-order valence-electron chi connectivity index (χ4n) is 2.02. The Bertz CT molecular complexity index is 343. The van der Waals surface area contributed by atoms with Gasteiger partial charge in [0.1, 0.15) is 0 Å². The predicted molar refractivity (Wildman–Crippen MR) is 67.0 cm³/mol. The van der Waals surface area contributed by atoms with E-state index >= 15 is 0 Å². The Kier molecular flexibility index (Phi) is 3.95. The summed E-state index contributed by atoms with van der Waals surface area (Å²) < 4.78 is 5.51. The molecular weight excluding hydrogens is 220 g/mol. The molecule has 0 aliphatic carbocycles. The molecule has 4 heteroatoms. The lowest BCUT2D eigenvalue weighted by molar-refractivity contribution is 0.0754. The minimum atomic E-state index is 0.299. The molecule has 1 aliphatic rings. The van der Waals surface area contributed by atoms with Gasteiger partial charge in [-0.3, -0.25) is 0 Å². The van der Waals surface area contributed by atoms with Gasteiger partial charge in [-0.05, 0) is 19.3 Å². The molecule has 1 aromatic heterocycles. The van der Waals surface area contributed by atoms with E-state index < -0.39 is 0 Å². The van der Waals surface area contributed by atoms with Gasteiger partial charge in [-0.25, -0.2) is 4.98 Å². The lowest BCUT2D eigenvalue weighted by Gasteiger charge is -2.23. The van der Waals surface area contributed by atoms with E-state index in [0.717, 1.165) is 31.2 Å². The van der Waals surface area contributed by atoms with Crippen molar-refractivity contribution >= 4 is 11.3 Å². The highest BCUT2D eigenvalue weighted by molar-refractivity contribution is 7.11. The highest BCUT2D eigenvalue weighted by Gasteiger charge is 2.22. The number of hydrogen-bond acceptors (Lipinski definition) is 4. The number of aromatic nitrogens is 1. The van der Waals surface area contributed by atoms with E-state index in [9.17, 15) is 0 Å². The van der Waals surface area contributed by atoms with E-state index in [1.165, 1.54) is 10.6 Å². The first-order chi connectivity index (χ1) is 7.66. The smallest absolute Gasteiger partial charge is 0.0900 e. The number of thiazole rings is 1. The minimum Gasteiger partial charge on any atom is -0.378 e. The normalized spacial score (nSPS) is 21.6. The second-order valence-electron chi connectivity index (χ2n) is 4.72. The van der Waals surface area contributed by atoms with Crippen LogP contribution in [0.3, 0.4) is 0 Å². The van der Waals surface area contributed by atoms with Crippen LogP contribution in [0.15, 0.2) is 0 Å². The topological polar surface area (TPSA) is 34.1 Å². The molecule has 0 bridgehead atoms. The SMILES string of the molecule is Cc1nc(C2COCCN2)c(CC(C)C)s1. The Morgan fingerprint density at radius 3 is 3.00 bits per heavy atom. The number of morpholine rings is 1. The predicted octanol–water partition coefficient (Wildman–Crippen LogP) is 2.31. The quantitative estimate of drug-likeness (QED) is 0.880. The zero-order valence-corrected chi connectivity index (χ0v) is 11.1. The van der Waals surface area contributed by atoms with E-state index in [4.69, 9.17) is 4.74 Å². The monoisotopic (exact) mass is 240 g/mol. The van der Waals surface area contributed by atoms with Crippen LogP contribution in [0.25, 0.3) is 0 Å². The van der Waals surface area contributed by atoms with Crippen molar-refractivity contribution in [3.8, 4) is 0 Å². The first kappa shape index (κ1) is 12.0. The van der Waals surface area contributed by atoms with Gasteiger partial charge in [0.25, 0.3) is 0 Å². The number of nitrogens with zero attached hydrogens (tertiary/aromatic N) is 1. The standard InChI is InChI=1S/C12H20N2OS/c1-8(2)6-11-12(14-9(3)16-11)10-7-15-5-4-13-10/h8,10,13H,4-7H2,1-3H3. The summed E-state index contributed by atoms with van der Waals surface area (Å²) in [6, 6.07) is 0.299. The number of aryl methyl sites for hydroxylation is 1. The molecule has 1 atom stereocenters. The van der Waals surface area contributed by atoms with Gasteiger partial charge in [0.15, 0.2) is 0 Å². The molecule has 0 saturated carbocycles. The molecule has 1 N–H and O–H groups in total. The molecule has 16 heavy (non-hydrogen) atoms. The molecule has 2 heterocycles.